The molecule has 0 spiro atoms. The summed E-state index contributed by atoms with van der Waals surface area (Å²) in [6.07, 6.45) is 5.07. The maximum absolute atomic E-state index is 11.3. The van der Waals surface area contributed by atoms with Gasteiger partial charge in [-0.3, -0.25) is 9.78 Å². The van der Waals surface area contributed by atoms with Gasteiger partial charge in [-0.2, -0.15) is 0 Å². The molecule has 2 heterocycles. The molecule has 62 valence electrons. The highest BCUT2D eigenvalue weighted by Crippen LogP contribution is 2.19. The van der Waals surface area contributed by atoms with Crippen LogP contribution in [-0.2, 0) is 4.79 Å². The Balaban J connectivity index is 2.25. The van der Waals surface area contributed by atoms with Crippen LogP contribution in [0.3, 0.4) is 0 Å². The largest absolute Gasteiger partial charge is 0.312 e. The first-order valence-electron chi connectivity index (χ1n) is 4.08. The molecule has 0 unspecified atom stereocenters. The van der Waals surface area contributed by atoms with Crippen molar-refractivity contribution in [3.05, 3.63) is 24.5 Å². The van der Waals surface area contributed by atoms with Crippen LogP contribution < -0.4 is 4.90 Å². The SMILES string of the molecule is O=C1CCCN1c1ccncc1. The van der Waals surface area contributed by atoms with Crippen LogP contribution in [0.1, 0.15) is 12.8 Å². The summed E-state index contributed by atoms with van der Waals surface area (Å²) in [5.41, 5.74) is 0.965. The molecule has 1 saturated heterocycles. The Hall–Kier alpha value is -1.38. The van der Waals surface area contributed by atoms with E-state index in [9.17, 15) is 4.79 Å². The van der Waals surface area contributed by atoms with Crippen molar-refractivity contribution in [2.45, 2.75) is 12.8 Å². The van der Waals surface area contributed by atoms with Crippen molar-refractivity contribution in [3.63, 3.8) is 0 Å². The standard InChI is InChI=1S/C9H10N2O/c12-9-2-1-7-11(9)8-3-5-10-6-4-8/h3-6H,1-2,7H2. The van der Waals surface area contributed by atoms with Crippen LogP contribution in [0.15, 0.2) is 24.5 Å². The summed E-state index contributed by atoms with van der Waals surface area (Å²) in [6.45, 7) is 0.850. The lowest BCUT2D eigenvalue weighted by molar-refractivity contribution is -0.117. The number of pyridine rings is 1. The fraction of sp³-hybridized carbons (Fsp3) is 0.333. The van der Waals surface area contributed by atoms with Crippen molar-refractivity contribution in [1.82, 2.24) is 4.98 Å². The van der Waals surface area contributed by atoms with E-state index in [1.807, 2.05) is 17.0 Å². The second-order valence-corrected chi connectivity index (χ2v) is 2.85. The van der Waals surface area contributed by atoms with Crippen molar-refractivity contribution in [1.29, 1.82) is 0 Å². The van der Waals surface area contributed by atoms with Gasteiger partial charge >= 0.3 is 0 Å². The first-order valence-corrected chi connectivity index (χ1v) is 4.08. The van der Waals surface area contributed by atoms with Gasteiger partial charge in [0.05, 0.1) is 0 Å². The lowest BCUT2D eigenvalue weighted by atomic mass is 10.4. The fourth-order valence-corrected chi connectivity index (χ4v) is 1.45. The van der Waals surface area contributed by atoms with E-state index in [4.69, 9.17) is 0 Å². The Bertz CT molecular complexity index is 284. The number of hydrogen-bond acceptors (Lipinski definition) is 2. The van der Waals surface area contributed by atoms with E-state index >= 15 is 0 Å². The zero-order chi connectivity index (χ0) is 8.39. The quantitative estimate of drug-likeness (QED) is 0.621. The zero-order valence-corrected chi connectivity index (χ0v) is 6.73. The van der Waals surface area contributed by atoms with Crippen molar-refractivity contribution < 1.29 is 4.79 Å². The summed E-state index contributed by atoms with van der Waals surface area (Å²) < 4.78 is 0. The summed E-state index contributed by atoms with van der Waals surface area (Å²) in [4.78, 5) is 17.0. The third kappa shape index (κ3) is 1.18. The summed E-state index contributed by atoms with van der Waals surface area (Å²) in [7, 11) is 0. The van der Waals surface area contributed by atoms with Gasteiger partial charge in [-0.15, -0.1) is 0 Å². The molecule has 3 nitrogen and oxygen atoms in total. The van der Waals surface area contributed by atoms with Gasteiger partial charge in [-0.25, -0.2) is 0 Å². The molecule has 1 aliphatic rings. The highest BCUT2D eigenvalue weighted by Gasteiger charge is 2.20. The van der Waals surface area contributed by atoms with Gasteiger partial charge in [0.2, 0.25) is 5.91 Å². The van der Waals surface area contributed by atoms with E-state index in [1.54, 1.807) is 12.4 Å². The molecule has 1 aliphatic heterocycles. The van der Waals surface area contributed by atoms with Crippen molar-refractivity contribution in [3.8, 4) is 0 Å². The lowest BCUT2D eigenvalue weighted by Crippen LogP contribution is -2.23. The average molecular weight is 162 g/mol. The summed E-state index contributed by atoms with van der Waals surface area (Å²) in [6, 6.07) is 3.73. The van der Waals surface area contributed by atoms with Gasteiger partial charge in [0.1, 0.15) is 0 Å². The van der Waals surface area contributed by atoms with Crippen LogP contribution >= 0.6 is 0 Å². The molecule has 3 heteroatoms. The number of aromatic nitrogens is 1. The molecular weight excluding hydrogens is 152 g/mol. The Kier molecular flexibility index (Phi) is 1.78. The Labute approximate surface area is 71.0 Å². The molecule has 0 radical (unpaired) electrons. The molecule has 1 aromatic heterocycles. The van der Waals surface area contributed by atoms with Crippen molar-refractivity contribution >= 4 is 11.6 Å². The molecule has 0 aromatic carbocycles. The topological polar surface area (TPSA) is 33.2 Å². The second-order valence-electron chi connectivity index (χ2n) is 2.85. The molecule has 0 atom stereocenters. The van der Waals surface area contributed by atoms with Gasteiger partial charge in [-0.05, 0) is 18.6 Å². The molecule has 1 fully saturated rings. The van der Waals surface area contributed by atoms with Gasteiger partial charge in [-0.1, -0.05) is 0 Å². The number of carbonyl (C=O) groups is 1. The Morgan fingerprint density at radius 3 is 2.67 bits per heavy atom. The van der Waals surface area contributed by atoms with Crippen molar-refractivity contribution in [2.75, 3.05) is 11.4 Å². The number of amides is 1. The number of nitrogens with zero attached hydrogens (tertiary/aromatic N) is 2. The third-order valence-electron chi connectivity index (χ3n) is 2.05. The van der Waals surface area contributed by atoms with Crippen LogP contribution in [0.25, 0.3) is 0 Å². The lowest BCUT2D eigenvalue weighted by Gasteiger charge is -2.14. The molecule has 0 bridgehead atoms. The van der Waals surface area contributed by atoms with E-state index in [2.05, 4.69) is 4.98 Å². The summed E-state index contributed by atoms with van der Waals surface area (Å²) >= 11 is 0. The number of hydrogen-bond donors (Lipinski definition) is 0. The third-order valence-corrected chi connectivity index (χ3v) is 2.05. The maximum atomic E-state index is 11.3. The number of rotatable bonds is 1. The molecule has 0 N–H and O–H groups in total. The maximum Gasteiger partial charge on any atom is 0.227 e. The van der Waals surface area contributed by atoms with Gasteiger partial charge in [0.15, 0.2) is 0 Å². The van der Waals surface area contributed by atoms with Crippen molar-refractivity contribution in [2.24, 2.45) is 0 Å². The minimum Gasteiger partial charge on any atom is -0.312 e. The van der Waals surface area contributed by atoms with Crippen LogP contribution in [0.4, 0.5) is 5.69 Å². The Morgan fingerprint density at radius 1 is 1.33 bits per heavy atom. The Morgan fingerprint density at radius 2 is 2.08 bits per heavy atom. The molecule has 0 aliphatic carbocycles. The molecule has 0 saturated carbocycles. The highest BCUT2D eigenvalue weighted by atomic mass is 16.2. The van der Waals surface area contributed by atoms with E-state index in [0.29, 0.717) is 6.42 Å². The summed E-state index contributed by atoms with van der Waals surface area (Å²) in [5.74, 6) is 0.223. The predicted molar refractivity (Wildman–Crippen MR) is 45.8 cm³/mol. The molecule has 1 aromatic rings. The number of carbonyl (C=O) groups excluding carboxylic acids is 1. The molecule has 1 amide bonds. The first kappa shape index (κ1) is 7.28. The minimum atomic E-state index is 0.223. The minimum absolute atomic E-state index is 0.223. The van der Waals surface area contributed by atoms with E-state index < -0.39 is 0 Å². The highest BCUT2D eigenvalue weighted by molar-refractivity contribution is 5.95. The van der Waals surface area contributed by atoms with E-state index in [-0.39, 0.29) is 5.91 Å². The monoisotopic (exact) mass is 162 g/mol. The zero-order valence-electron chi connectivity index (χ0n) is 6.73. The normalized spacial score (nSPS) is 17.0. The van der Waals surface area contributed by atoms with Crippen LogP contribution in [0, 0.1) is 0 Å². The molecular formula is C9H10N2O. The van der Waals surface area contributed by atoms with E-state index in [0.717, 1.165) is 18.7 Å². The predicted octanol–water partition coefficient (Wildman–Crippen LogP) is 1.21. The van der Waals surface area contributed by atoms with Gasteiger partial charge in [0, 0.05) is 31.0 Å². The summed E-state index contributed by atoms with van der Waals surface area (Å²) in [5, 5.41) is 0. The fourth-order valence-electron chi connectivity index (χ4n) is 1.45. The second kappa shape index (κ2) is 2.93. The average Bonchev–Trinajstić information content (AvgIpc) is 2.53. The molecule has 12 heavy (non-hydrogen) atoms. The van der Waals surface area contributed by atoms with Gasteiger partial charge < -0.3 is 4.90 Å². The van der Waals surface area contributed by atoms with E-state index in [1.165, 1.54) is 0 Å². The number of anilines is 1. The van der Waals surface area contributed by atoms with Crippen LogP contribution in [-0.4, -0.2) is 17.4 Å². The first-order chi connectivity index (χ1) is 5.88. The smallest absolute Gasteiger partial charge is 0.227 e. The molecule has 2 rings (SSSR count). The van der Waals surface area contributed by atoms with Crippen LogP contribution in [0.5, 0.6) is 0 Å². The van der Waals surface area contributed by atoms with Crippen LogP contribution in [0.2, 0.25) is 0 Å². The van der Waals surface area contributed by atoms with Gasteiger partial charge in [0.25, 0.3) is 0 Å².